The largest absolute Gasteiger partial charge is 0.507 e. The average Bonchev–Trinajstić information content (AvgIpc) is 2.53. The predicted molar refractivity (Wildman–Crippen MR) is 84.4 cm³/mol. The maximum Gasteiger partial charge on any atom is 0.362 e. The molecule has 0 fully saturated rings. The normalized spacial score (nSPS) is 11.1. The molecule has 2 aromatic carbocycles. The van der Waals surface area contributed by atoms with Crippen LogP contribution >= 0.6 is 0 Å². The number of ether oxygens (including phenoxy) is 1. The molecular weight excluding hydrogens is 282 g/mol. The zero-order chi connectivity index (χ0) is 15.5. The van der Waals surface area contributed by atoms with E-state index in [0.29, 0.717) is 16.9 Å². The first kappa shape index (κ1) is 13.9. The fourth-order valence-corrected chi connectivity index (χ4v) is 2.04. The van der Waals surface area contributed by atoms with Crippen molar-refractivity contribution in [3.63, 3.8) is 0 Å². The molecule has 0 aliphatic rings. The van der Waals surface area contributed by atoms with Crippen molar-refractivity contribution >= 4 is 22.9 Å². The van der Waals surface area contributed by atoms with Crippen LogP contribution < -0.4 is 10.4 Å². The quantitative estimate of drug-likeness (QED) is 0.594. The Balaban J connectivity index is 1.99. The lowest BCUT2D eigenvalue weighted by molar-refractivity contribution is 0.407. The number of para-hydroxylation sites is 1. The number of aromatic hydroxyl groups is 1. The van der Waals surface area contributed by atoms with Crippen molar-refractivity contribution in [3.8, 4) is 11.5 Å². The summed E-state index contributed by atoms with van der Waals surface area (Å²) in [5.41, 5.74) is 0.643. The van der Waals surface area contributed by atoms with Crippen molar-refractivity contribution in [3.05, 3.63) is 64.5 Å². The third-order valence-electron chi connectivity index (χ3n) is 3.20. The number of fused-ring (bicyclic) bond motifs is 1. The molecule has 22 heavy (non-hydrogen) atoms. The molecule has 0 aliphatic heterocycles. The molecule has 0 bridgehead atoms. The summed E-state index contributed by atoms with van der Waals surface area (Å²) in [4.78, 5) is 16.0. The number of benzene rings is 2. The predicted octanol–water partition coefficient (Wildman–Crippen LogP) is 3.26. The topological polar surface area (TPSA) is 72.0 Å². The van der Waals surface area contributed by atoms with Gasteiger partial charge in [0.25, 0.3) is 0 Å². The van der Waals surface area contributed by atoms with E-state index >= 15 is 0 Å². The lowest BCUT2D eigenvalue weighted by atomic mass is 10.2. The molecule has 1 N–H and O–H groups in total. The van der Waals surface area contributed by atoms with Crippen LogP contribution in [0.1, 0.15) is 5.56 Å². The summed E-state index contributed by atoms with van der Waals surface area (Å²) in [5, 5.41) is 10.7. The molecule has 0 unspecified atom stereocenters. The van der Waals surface area contributed by atoms with E-state index < -0.39 is 5.63 Å². The molecule has 0 saturated heterocycles. The molecule has 5 nitrogen and oxygen atoms in total. The SMILES string of the molecule is COc1ccc(C=Nc2cc3ccccc3oc2=O)c(O)c1. The van der Waals surface area contributed by atoms with Crippen LogP contribution in [0.25, 0.3) is 11.0 Å². The van der Waals surface area contributed by atoms with E-state index in [1.165, 1.54) is 19.4 Å². The second kappa shape index (κ2) is 5.73. The minimum Gasteiger partial charge on any atom is -0.507 e. The van der Waals surface area contributed by atoms with E-state index in [4.69, 9.17) is 9.15 Å². The third-order valence-corrected chi connectivity index (χ3v) is 3.20. The van der Waals surface area contributed by atoms with Crippen molar-refractivity contribution in [1.29, 1.82) is 0 Å². The van der Waals surface area contributed by atoms with Crippen LogP contribution in [0.3, 0.4) is 0 Å². The van der Waals surface area contributed by atoms with Crippen molar-refractivity contribution in [2.75, 3.05) is 7.11 Å². The number of aliphatic imine (C=N–C) groups is 1. The van der Waals surface area contributed by atoms with Gasteiger partial charge in [-0.25, -0.2) is 9.79 Å². The maximum atomic E-state index is 11.9. The molecule has 1 aromatic heterocycles. The second-order valence-electron chi connectivity index (χ2n) is 4.64. The fourth-order valence-electron chi connectivity index (χ4n) is 2.04. The summed E-state index contributed by atoms with van der Waals surface area (Å²) in [7, 11) is 1.52. The third kappa shape index (κ3) is 2.69. The first-order valence-electron chi connectivity index (χ1n) is 6.61. The van der Waals surface area contributed by atoms with Gasteiger partial charge in [0.15, 0.2) is 0 Å². The Kier molecular flexibility index (Phi) is 3.62. The molecular formula is C17H13NO4. The highest BCUT2D eigenvalue weighted by Gasteiger charge is 2.04. The number of phenolic OH excluding ortho intramolecular Hbond substituents is 1. The number of hydrogen-bond acceptors (Lipinski definition) is 5. The Labute approximate surface area is 126 Å². The summed E-state index contributed by atoms with van der Waals surface area (Å²) in [6.07, 6.45) is 1.41. The van der Waals surface area contributed by atoms with E-state index in [0.717, 1.165) is 5.39 Å². The summed E-state index contributed by atoms with van der Waals surface area (Å²) in [6.45, 7) is 0. The van der Waals surface area contributed by atoms with Crippen LogP contribution in [0.15, 0.2) is 62.7 Å². The Hall–Kier alpha value is -3.08. The Morgan fingerprint density at radius 3 is 2.77 bits per heavy atom. The molecule has 5 heteroatoms. The molecule has 0 radical (unpaired) electrons. The lowest BCUT2D eigenvalue weighted by Crippen LogP contribution is -1.98. The fraction of sp³-hybridized carbons (Fsp3) is 0.0588. The Morgan fingerprint density at radius 2 is 2.00 bits per heavy atom. The van der Waals surface area contributed by atoms with Crippen LogP contribution in [0.4, 0.5) is 5.69 Å². The molecule has 1 heterocycles. The van der Waals surface area contributed by atoms with Gasteiger partial charge in [0.05, 0.1) is 7.11 Å². The van der Waals surface area contributed by atoms with Gasteiger partial charge in [0, 0.05) is 23.2 Å². The number of nitrogens with zero attached hydrogens (tertiary/aromatic N) is 1. The summed E-state index contributed by atoms with van der Waals surface area (Å²) in [6, 6.07) is 13.7. The minimum absolute atomic E-state index is 0.0216. The van der Waals surface area contributed by atoms with Gasteiger partial charge in [-0.3, -0.25) is 0 Å². The Bertz CT molecular complexity index is 912. The van der Waals surface area contributed by atoms with Crippen molar-refractivity contribution < 1.29 is 14.3 Å². The number of rotatable bonds is 3. The number of phenols is 1. The van der Waals surface area contributed by atoms with Crippen LogP contribution in [-0.2, 0) is 0 Å². The second-order valence-corrected chi connectivity index (χ2v) is 4.64. The molecule has 0 amide bonds. The van der Waals surface area contributed by atoms with Gasteiger partial charge in [0.2, 0.25) is 0 Å². The van der Waals surface area contributed by atoms with E-state index in [9.17, 15) is 9.90 Å². The smallest absolute Gasteiger partial charge is 0.362 e. The molecule has 3 rings (SSSR count). The summed E-state index contributed by atoms with van der Waals surface area (Å²) >= 11 is 0. The number of methoxy groups -OCH3 is 1. The summed E-state index contributed by atoms with van der Waals surface area (Å²) < 4.78 is 10.2. The van der Waals surface area contributed by atoms with E-state index in [1.807, 2.05) is 12.1 Å². The van der Waals surface area contributed by atoms with Gasteiger partial charge in [-0.1, -0.05) is 18.2 Å². The van der Waals surface area contributed by atoms with Crippen LogP contribution in [0.5, 0.6) is 11.5 Å². The monoisotopic (exact) mass is 295 g/mol. The molecule has 0 aliphatic carbocycles. The Morgan fingerprint density at radius 1 is 1.18 bits per heavy atom. The van der Waals surface area contributed by atoms with E-state index in [1.54, 1.807) is 30.3 Å². The van der Waals surface area contributed by atoms with E-state index in [-0.39, 0.29) is 11.4 Å². The zero-order valence-electron chi connectivity index (χ0n) is 11.8. The zero-order valence-corrected chi connectivity index (χ0v) is 11.8. The molecule has 0 spiro atoms. The highest BCUT2D eigenvalue weighted by molar-refractivity contribution is 5.86. The van der Waals surface area contributed by atoms with Gasteiger partial charge in [-0.15, -0.1) is 0 Å². The standard InChI is InChI=1S/C17H13NO4/c1-21-13-7-6-12(15(19)9-13)10-18-14-8-11-4-2-3-5-16(11)22-17(14)20/h2-10,19H,1H3. The average molecular weight is 295 g/mol. The van der Waals surface area contributed by atoms with Crippen LogP contribution in [0.2, 0.25) is 0 Å². The van der Waals surface area contributed by atoms with Crippen LogP contribution in [0, 0.1) is 0 Å². The maximum absolute atomic E-state index is 11.9. The summed E-state index contributed by atoms with van der Waals surface area (Å²) in [5.74, 6) is 0.563. The molecule has 3 aromatic rings. The minimum atomic E-state index is -0.525. The van der Waals surface area contributed by atoms with Crippen molar-refractivity contribution in [2.45, 2.75) is 0 Å². The van der Waals surface area contributed by atoms with Gasteiger partial charge in [-0.05, 0) is 24.3 Å². The lowest BCUT2D eigenvalue weighted by Gasteiger charge is -2.02. The number of hydrogen-bond donors (Lipinski definition) is 1. The van der Waals surface area contributed by atoms with Gasteiger partial charge in [0.1, 0.15) is 22.8 Å². The van der Waals surface area contributed by atoms with Gasteiger partial charge >= 0.3 is 5.63 Å². The van der Waals surface area contributed by atoms with Crippen LogP contribution in [-0.4, -0.2) is 18.4 Å². The highest BCUT2D eigenvalue weighted by Crippen LogP contribution is 2.23. The van der Waals surface area contributed by atoms with Gasteiger partial charge < -0.3 is 14.3 Å². The molecule has 0 atom stereocenters. The molecule has 0 saturated carbocycles. The first-order valence-corrected chi connectivity index (χ1v) is 6.61. The van der Waals surface area contributed by atoms with Crippen molar-refractivity contribution in [2.24, 2.45) is 4.99 Å². The van der Waals surface area contributed by atoms with E-state index in [2.05, 4.69) is 4.99 Å². The van der Waals surface area contributed by atoms with Crippen molar-refractivity contribution in [1.82, 2.24) is 0 Å². The first-order chi connectivity index (χ1) is 10.7. The molecule has 110 valence electrons. The van der Waals surface area contributed by atoms with Gasteiger partial charge in [-0.2, -0.15) is 0 Å². The highest BCUT2D eigenvalue weighted by atomic mass is 16.5.